The van der Waals surface area contributed by atoms with E-state index >= 15 is 0 Å². The summed E-state index contributed by atoms with van der Waals surface area (Å²) in [7, 11) is 0. The molecule has 1 aromatic heterocycles. The van der Waals surface area contributed by atoms with E-state index in [2.05, 4.69) is 15.4 Å². The molecule has 100 valence electrons. The molecule has 5 rings (SSSR count). The van der Waals surface area contributed by atoms with E-state index in [4.69, 9.17) is 4.52 Å². The third kappa shape index (κ3) is 1.89. The number of hydrogen-bond donors (Lipinski definition) is 1. The largest absolute Gasteiger partial charge is 0.362 e. The fraction of sp³-hybridized carbons (Fsp3) is 0.500. The van der Waals surface area contributed by atoms with Crippen molar-refractivity contribution in [1.29, 1.82) is 0 Å². The molecule has 5 heteroatoms. The third-order valence-corrected chi connectivity index (χ3v) is 4.41. The van der Waals surface area contributed by atoms with Crippen molar-refractivity contribution < 1.29 is 8.91 Å². The topological polar surface area (TPSA) is 41.3 Å². The molecule has 3 aliphatic rings. The zero-order chi connectivity index (χ0) is 12.8. The van der Waals surface area contributed by atoms with Crippen molar-refractivity contribution >= 4 is 16.8 Å². The summed E-state index contributed by atoms with van der Waals surface area (Å²) in [5, 5.41) is 8.39. The maximum absolute atomic E-state index is 13.1. The highest BCUT2D eigenvalue weighted by molar-refractivity contribution is 5.88. The lowest BCUT2D eigenvalue weighted by atomic mass is 9.84. The Kier molecular flexibility index (Phi) is 2.48. The van der Waals surface area contributed by atoms with Crippen molar-refractivity contribution in [3.05, 3.63) is 24.0 Å². The lowest BCUT2D eigenvalue weighted by molar-refractivity contribution is 0.0973. The second-order valence-corrected chi connectivity index (χ2v) is 5.56. The van der Waals surface area contributed by atoms with Gasteiger partial charge in [-0.25, -0.2) is 4.39 Å². The number of anilines is 1. The average molecular weight is 261 g/mol. The second kappa shape index (κ2) is 4.20. The number of benzene rings is 1. The normalized spacial score (nSPS) is 29.8. The number of nitrogens with one attached hydrogen (secondary N) is 1. The van der Waals surface area contributed by atoms with Gasteiger partial charge in [0.2, 0.25) is 0 Å². The van der Waals surface area contributed by atoms with Crippen LogP contribution in [0.1, 0.15) is 12.8 Å². The van der Waals surface area contributed by atoms with Crippen LogP contribution < -0.4 is 5.32 Å². The molecule has 0 aliphatic carbocycles. The molecule has 0 saturated carbocycles. The van der Waals surface area contributed by atoms with E-state index in [1.807, 2.05) is 0 Å². The van der Waals surface area contributed by atoms with Crippen LogP contribution in [0.2, 0.25) is 0 Å². The van der Waals surface area contributed by atoms with Crippen molar-refractivity contribution in [2.24, 2.45) is 5.92 Å². The van der Waals surface area contributed by atoms with E-state index in [0.29, 0.717) is 11.6 Å². The molecule has 1 N–H and O–H groups in total. The predicted octanol–water partition coefficient (Wildman–Crippen LogP) is 2.47. The maximum atomic E-state index is 13.1. The van der Waals surface area contributed by atoms with E-state index in [1.165, 1.54) is 38.1 Å². The average Bonchev–Trinajstić information content (AvgIpc) is 2.82. The molecule has 0 unspecified atom stereocenters. The number of piperidine rings is 3. The van der Waals surface area contributed by atoms with Gasteiger partial charge in [-0.3, -0.25) is 0 Å². The standard InChI is InChI=1S/C14H16FN3O/c15-10-1-2-11-13(7-10)19-17-14(11)16-12-8-18-5-3-9(12)4-6-18/h1-2,7,9,12H,3-6,8H2,(H,16,17)/t12-/m1/s1. The fourth-order valence-corrected chi connectivity index (χ4v) is 3.32. The summed E-state index contributed by atoms with van der Waals surface area (Å²) in [6.45, 7) is 3.50. The van der Waals surface area contributed by atoms with Gasteiger partial charge >= 0.3 is 0 Å². The Morgan fingerprint density at radius 3 is 2.89 bits per heavy atom. The first-order chi connectivity index (χ1) is 9.29. The lowest BCUT2D eigenvalue weighted by Crippen LogP contribution is -2.53. The first-order valence-corrected chi connectivity index (χ1v) is 6.83. The van der Waals surface area contributed by atoms with Gasteiger partial charge in [0, 0.05) is 18.7 Å². The van der Waals surface area contributed by atoms with Gasteiger partial charge in [-0.15, -0.1) is 0 Å². The molecule has 4 nitrogen and oxygen atoms in total. The molecule has 0 amide bonds. The number of nitrogens with zero attached hydrogens (tertiary/aromatic N) is 2. The molecule has 1 atom stereocenters. The van der Waals surface area contributed by atoms with Crippen molar-refractivity contribution in [1.82, 2.24) is 10.1 Å². The number of halogens is 1. The second-order valence-electron chi connectivity index (χ2n) is 5.56. The summed E-state index contributed by atoms with van der Waals surface area (Å²) in [6, 6.07) is 4.98. The zero-order valence-corrected chi connectivity index (χ0v) is 10.6. The molecule has 4 heterocycles. The van der Waals surface area contributed by atoms with Crippen LogP contribution in [0.5, 0.6) is 0 Å². The molecule has 2 aromatic rings. The fourth-order valence-electron chi connectivity index (χ4n) is 3.32. The summed E-state index contributed by atoms with van der Waals surface area (Å²) in [5.74, 6) is 1.17. The molecular formula is C14H16FN3O. The minimum Gasteiger partial charge on any atom is -0.362 e. The van der Waals surface area contributed by atoms with Gasteiger partial charge in [-0.05, 0) is 44.0 Å². The van der Waals surface area contributed by atoms with Crippen molar-refractivity contribution in [2.75, 3.05) is 25.0 Å². The Hall–Kier alpha value is -1.62. The quantitative estimate of drug-likeness (QED) is 0.901. The van der Waals surface area contributed by atoms with Crippen LogP contribution in [-0.2, 0) is 0 Å². The van der Waals surface area contributed by atoms with Gasteiger partial charge in [0.15, 0.2) is 11.4 Å². The molecule has 0 radical (unpaired) electrons. The van der Waals surface area contributed by atoms with E-state index in [-0.39, 0.29) is 5.82 Å². The van der Waals surface area contributed by atoms with Crippen LogP contribution in [-0.4, -0.2) is 35.7 Å². The Morgan fingerprint density at radius 1 is 1.32 bits per heavy atom. The van der Waals surface area contributed by atoms with Gasteiger partial charge in [0.25, 0.3) is 0 Å². The summed E-state index contributed by atoms with van der Waals surface area (Å²) in [6.07, 6.45) is 2.50. The zero-order valence-electron chi connectivity index (χ0n) is 10.6. The summed E-state index contributed by atoms with van der Waals surface area (Å²) >= 11 is 0. The van der Waals surface area contributed by atoms with Crippen LogP contribution in [0, 0.1) is 11.7 Å². The number of fused-ring (bicyclic) bond motifs is 4. The smallest absolute Gasteiger partial charge is 0.177 e. The van der Waals surface area contributed by atoms with Crippen molar-refractivity contribution in [3.8, 4) is 0 Å². The Labute approximate surface area is 110 Å². The molecule has 1 aromatic carbocycles. The SMILES string of the molecule is Fc1ccc2c(N[C@@H]3CN4CCC3CC4)noc2c1. The minimum absolute atomic E-state index is 0.293. The number of aromatic nitrogens is 1. The van der Waals surface area contributed by atoms with Crippen molar-refractivity contribution in [3.63, 3.8) is 0 Å². The van der Waals surface area contributed by atoms with Crippen LogP contribution in [0.25, 0.3) is 11.0 Å². The monoisotopic (exact) mass is 261 g/mol. The maximum Gasteiger partial charge on any atom is 0.177 e. The Bertz CT molecular complexity index is 604. The van der Waals surface area contributed by atoms with E-state index in [1.54, 1.807) is 6.07 Å². The third-order valence-electron chi connectivity index (χ3n) is 4.41. The predicted molar refractivity (Wildman–Crippen MR) is 70.5 cm³/mol. The Balaban J connectivity index is 1.61. The molecular weight excluding hydrogens is 245 g/mol. The van der Waals surface area contributed by atoms with Gasteiger partial charge in [-0.2, -0.15) is 0 Å². The molecule has 3 fully saturated rings. The van der Waals surface area contributed by atoms with Gasteiger partial charge in [0.05, 0.1) is 5.39 Å². The van der Waals surface area contributed by atoms with Crippen LogP contribution in [0.15, 0.2) is 22.7 Å². The summed E-state index contributed by atoms with van der Waals surface area (Å²) in [4.78, 5) is 2.49. The number of rotatable bonds is 2. The first kappa shape index (κ1) is 11.2. The van der Waals surface area contributed by atoms with Crippen LogP contribution >= 0.6 is 0 Å². The summed E-state index contributed by atoms with van der Waals surface area (Å²) < 4.78 is 18.3. The Morgan fingerprint density at radius 2 is 2.16 bits per heavy atom. The van der Waals surface area contributed by atoms with Crippen LogP contribution in [0.4, 0.5) is 10.2 Å². The van der Waals surface area contributed by atoms with Gasteiger partial charge in [-0.1, -0.05) is 5.16 Å². The highest BCUT2D eigenvalue weighted by atomic mass is 19.1. The molecule has 3 aliphatic heterocycles. The lowest BCUT2D eigenvalue weighted by Gasteiger charge is -2.44. The van der Waals surface area contributed by atoms with Gasteiger partial charge < -0.3 is 14.7 Å². The highest BCUT2D eigenvalue weighted by Gasteiger charge is 2.34. The van der Waals surface area contributed by atoms with Crippen LogP contribution in [0.3, 0.4) is 0 Å². The minimum atomic E-state index is -0.293. The van der Waals surface area contributed by atoms with Gasteiger partial charge in [0.1, 0.15) is 5.82 Å². The molecule has 0 spiro atoms. The first-order valence-electron chi connectivity index (χ1n) is 6.83. The highest BCUT2D eigenvalue weighted by Crippen LogP contribution is 2.31. The van der Waals surface area contributed by atoms with E-state index in [9.17, 15) is 4.39 Å². The molecule has 3 saturated heterocycles. The molecule has 19 heavy (non-hydrogen) atoms. The van der Waals surface area contributed by atoms with E-state index in [0.717, 1.165) is 23.7 Å². The van der Waals surface area contributed by atoms with Crippen molar-refractivity contribution in [2.45, 2.75) is 18.9 Å². The molecule has 2 bridgehead atoms. The van der Waals surface area contributed by atoms with E-state index < -0.39 is 0 Å². The number of hydrogen-bond acceptors (Lipinski definition) is 4. The summed E-state index contributed by atoms with van der Waals surface area (Å²) in [5.41, 5.74) is 0.503.